The van der Waals surface area contributed by atoms with Crippen LogP contribution in [0.3, 0.4) is 0 Å². The summed E-state index contributed by atoms with van der Waals surface area (Å²) in [4.78, 5) is 0. The van der Waals surface area contributed by atoms with E-state index in [1.165, 1.54) is 38.5 Å². The molecule has 0 saturated heterocycles. The minimum atomic E-state index is -0.250. The van der Waals surface area contributed by atoms with Gasteiger partial charge >= 0.3 is 0 Å². The van der Waals surface area contributed by atoms with E-state index >= 15 is 0 Å². The lowest BCUT2D eigenvalue weighted by atomic mass is 9.84. The predicted molar refractivity (Wildman–Crippen MR) is 81.2 cm³/mol. The van der Waals surface area contributed by atoms with E-state index in [0.717, 1.165) is 25.7 Å². The summed E-state index contributed by atoms with van der Waals surface area (Å²) in [5, 5.41) is 0. The first-order chi connectivity index (χ1) is 9.74. The number of rotatable bonds is 2. The molecule has 0 aromatic rings. The van der Waals surface area contributed by atoms with Crippen molar-refractivity contribution >= 4 is 0 Å². The van der Waals surface area contributed by atoms with Crippen LogP contribution in [0.15, 0.2) is 0 Å². The molecule has 0 radical (unpaired) electrons. The molecule has 2 aliphatic rings. The largest absolute Gasteiger partial charge is 0.366 e. The summed E-state index contributed by atoms with van der Waals surface area (Å²) in [6.45, 7) is 0. The molecule has 2 saturated carbocycles. The zero-order valence-corrected chi connectivity index (χ0v) is 12.9. The highest BCUT2D eigenvalue weighted by molar-refractivity contribution is 5.33. The first-order valence-electron chi connectivity index (χ1n) is 7.89. The fourth-order valence-corrected chi connectivity index (χ4v) is 3.30. The molecule has 2 rings (SSSR count). The van der Waals surface area contributed by atoms with Crippen LogP contribution in [0.5, 0.6) is 0 Å². The summed E-state index contributed by atoms with van der Waals surface area (Å²) in [6.07, 6.45) is 11.6. The van der Waals surface area contributed by atoms with Crippen molar-refractivity contribution in [2.45, 2.75) is 75.4 Å². The third kappa shape index (κ3) is 3.78. The van der Waals surface area contributed by atoms with Gasteiger partial charge in [-0.15, -0.1) is 0 Å². The molecule has 0 unspecified atom stereocenters. The highest BCUT2D eigenvalue weighted by atomic mass is 16.5. The Morgan fingerprint density at radius 3 is 1.25 bits per heavy atom. The van der Waals surface area contributed by atoms with Gasteiger partial charge in [0.25, 0.3) is 0 Å². The lowest BCUT2D eigenvalue weighted by Gasteiger charge is -2.31. The van der Waals surface area contributed by atoms with Gasteiger partial charge in [-0.25, -0.2) is 0 Å². The molecule has 2 fully saturated rings. The van der Waals surface area contributed by atoms with Gasteiger partial charge < -0.3 is 9.47 Å². The van der Waals surface area contributed by atoms with E-state index in [1.54, 1.807) is 14.2 Å². The van der Waals surface area contributed by atoms with Crippen molar-refractivity contribution in [2.24, 2.45) is 0 Å². The van der Waals surface area contributed by atoms with Crippen LogP contribution in [0.1, 0.15) is 64.2 Å². The van der Waals surface area contributed by atoms with Crippen LogP contribution in [-0.4, -0.2) is 25.4 Å². The zero-order valence-electron chi connectivity index (χ0n) is 12.9. The van der Waals surface area contributed by atoms with Crippen molar-refractivity contribution in [3.05, 3.63) is 0 Å². The van der Waals surface area contributed by atoms with Crippen LogP contribution in [0, 0.1) is 23.7 Å². The monoisotopic (exact) mass is 274 g/mol. The molecule has 0 aliphatic heterocycles. The van der Waals surface area contributed by atoms with E-state index in [4.69, 9.17) is 9.47 Å². The Morgan fingerprint density at radius 1 is 0.600 bits per heavy atom. The third-order valence-corrected chi connectivity index (χ3v) is 4.75. The first kappa shape index (κ1) is 15.4. The van der Waals surface area contributed by atoms with Crippen LogP contribution in [0.2, 0.25) is 0 Å². The van der Waals surface area contributed by atoms with Crippen LogP contribution in [0.25, 0.3) is 0 Å². The summed E-state index contributed by atoms with van der Waals surface area (Å²) in [5.74, 6) is 12.6. The molecule has 0 bridgehead atoms. The second-order valence-electron chi connectivity index (χ2n) is 6.02. The maximum atomic E-state index is 5.65. The van der Waals surface area contributed by atoms with E-state index in [0.29, 0.717) is 0 Å². The molecule has 2 nitrogen and oxygen atoms in total. The van der Waals surface area contributed by atoms with Gasteiger partial charge in [0.15, 0.2) is 0 Å². The molecule has 2 heteroatoms. The molecule has 0 N–H and O–H groups in total. The summed E-state index contributed by atoms with van der Waals surface area (Å²) >= 11 is 0. The second kappa shape index (κ2) is 7.16. The van der Waals surface area contributed by atoms with Crippen molar-refractivity contribution in [2.75, 3.05) is 14.2 Å². The van der Waals surface area contributed by atoms with Crippen LogP contribution in [0.4, 0.5) is 0 Å². The lowest BCUT2D eigenvalue weighted by molar-refractivity contribution is 0.00990. The Hall–Kier alpha value is -0.960. The van der Waals surface area contributed by atoms with Gasteiger partial charge in [-0.05, 0) is 63.2 Å². The zero-order chi connectivity index (χ0) is 14.3. The smallest absolute Gasteiger partial charge is 0.129 e. The molecule has 110 valence electrons. The molecule has 0 amide bonds. The van der Waals surface area contributed by atoms with Gasteiger partial charge in [-0.2, -0.15) is 0 Å². The first-order valence-corrected chi connectivity index (χ1v) is 7.89. The quantitative estimate of drug-likeness (QED) is 0.715. The lowest BCUT2D eigenvalue weighted by Crippen LogP contribution is -2.32. The molecule has 0 spiro atoms. The van der Waals surface area contributed by atoms with Gasteiger partial charge in [0, 0.05) is 14.2 Å². The highest BCUT2D eigenvalue weighted by Gasteiger charge is 2.30. The van der Waals surface area contributed by atoms with E-state index in [9.17, 15) is 0 Å². The molecular formula is C18H26O2. The van der Waals surface area contributed by atoms with Crippen LogP contribution in [-0.2, 0) is 9.47 Å². The van der Waals surface area contributed by atoms with Gasteiger partial charge in [-0.1, -0.05) is 24.7 Å². The van der Waals surface area contributed by atoms with E-state index < -0.39 is 0 Å². The van der Waals surface area contributed by atoms with Gasteiger partial charge in [0.05, 0.1) is 0 Å². The summed E-state index contributed by atoms with van der Waals surface area (Å²) in [7, 11) is 3.54. The number of hydrogen-bond acceptors (Lipinski definition) is 2. The normalized spacial score (nSPS) is 23.9. The third-order valence-electron chi connectivity index (χ3n) is 4.75. The SMILES string of the molecule is COC1(C#CC#CC2(OC)CCCCC2)CCCCC1. The minimum Gasteiger partial charge on any atom is -0.366 e. The van der Waals surface area contributed by atoms with Crippen molar-refractivity contribution in [3.63, 3.8) is 0 Å². The van der Waals surface area contributed by atoms with Crippen molar-refractivity contribution in [1.82, 2.24) is 0 Å². The van der Waals surface area contributed by atoms with E-state index in [2.05, 4.69) is 23.7 Å². The molecule has 0 aromatic carbocycles. The molecule has 0 heterocycles. The predicted octanol–water partition coefficient (Wildman–Crippen LogP) is 3.69. The summed E-state index contributed by atoms with van der Waals surface area (Å²) in [6, 6.07) is 0. The van der Waals surface area contributed by atoms with Crippen molar-refractivity contribution in [1.29, 1.82) is 0 Å². The molecule has 2 aliphatic carbocycles. The molecule has 20 heavy (non-hydrogen) atoms. The van der Waals surface area contributed by atoms with Gasteiger partial charge in [0.1, 0.15) is 11.2 Å². The Morgan fingerprint density at radius 2 is 0.950 bits per heavy atom. The minimum absolute atomic E-state index is 0.250. The van der Waals surface area contributed by atoms with Gasteiger partial charge in [-0.3, -0.25) is 0 Å². The molecule has 0 atom stereocenters. The number of ether oxygens (including phenoxy) is 2. The van der Waals surface area contributed by atoms with Crippen molar-refractivity contribution in [3.8, 4) is 23.7 Å². The Balaban J connectivity index is 2.04. The fourth-order valence-electron chi connectivity index (χ4n) is 3.30. The second-order valence-corrected chi connectivity index (χ2v) is 6.02. The Labute approximate surface area is 123 Å². The summed E-state index contributed by atoms with van der Waals surface area (Å²) < 4.78 is 11.3. The van der Waals surface area contributed by atoms with Gasteiger partial charge in [0.2, 0.25) is 0 Å². The maximum Gasteiger partial charge on any atom is 0.129 e. The fraction of sp³-hybridized carbons (Fsp3) is 0.778. The standard InChI is InChI=1S/C18H26O2/c1-19-17(11-5-3-6-12-17)15-9-10-16-18(20-2)13-7-4-8-14-18/h3-8,11-14H2,1-2H3. The summed E-state index contributed by atoms with van der Waals surface area (Å²) in [5.41, 5.74) is -0.501. The van der Waals surface area contributed by atoms with E-state index in [-0.39, 0.29) is 11.2 Å². The van der Waals surface area contributed by atoms with Crippen LogP contribution < -0.4 is 0 Å². The topological polar surface area (TPSA) is 18.5 Å². The number of methoxy groups -OCH3 is 2. The average Bonchev–Trinajstić information content (AvgIpc) is 2.53. The van der Waals surface area contributed by atoms with E-state index in [1.807, 2.05) is 0 Å². The maximum absolute atomic E-state index is 5.65. The number of hydrogen-bond donors (Lipinski definition) is 0. The Kier molecular flexibility index (Phi) is 5.53. The molecule has 0 aromatic heterocycles. The van der Waals surface area contributed by atoms with Crippen molar-refractivity contribution < 1.29 is 9.47 Å². The average molecular weight is 274 g/mol. The highest BCUT2D eigenvalue weighted by Crippen LogP contribution is 2.31. The van der Waals surface area contributed by atoms with Crippen LogP contribution >= 0.6 is 0 Å². The molecular weight excluding hydrogens is 248 g/mol. The Bertz CT molecular complexity index is 376.